The third-order valence-electron chi connectivity index (χ3n) is 4.41. The average molecular weight is 450 g/mol. The number of nitrogens with zero attached hydrogens (tertiary/aromatic N) is 4. The number of aryl methyl sites for hydroxylation is 2. The summed E-state index contributed by atoms with van der Waals surface area (Å²) in [6.07, 6.45) is 4.83. The third-order valence-corrected chi connectivity index (χ3v) is 5.46. The average Bonchev–Trinajstić information content (AvgIpc) is 2.93. The minimum Gasteiger partial charge on any atom is -0.356 e. The normalized spacial score (nSPS) is 22.2. The largest absolute Gasteiger partial charge is 0.356 e. The van der Waals surface area contributed by atoms with Crippen LogP contribution in [0.4, 0.5) is 0 Å². The van der Waals surface area contributed by atoms with Crippen LogP contribution in [0, 0.1) is 12.8 Å². The van der Waals surface area contributed by atoms with Crippen molar-refractivity contribution in [2.75, 3.05) is 25.1 Å². The van der Waals surface area contributed by atoms with Gasteiger partial charge in [-0.25, -0.2) is 9.67 Å². The van der Waals surface area contributed by atoms with Gasteiger partial charge in [0.2, 0.25) is 0 Å². The zero-order chi connectivity index (χ0) is 15.4. The van der Waals surface area contributed by atoms with E-state index < -0.39 is 0 Å². The molecule has 0 spiro atoms. The van der Waals surface area contributed by atoms with Crippen LogP contribution in [0.1, 0.15) is 43.4 Å². The molecule has 1 atom stereocenters. The van der Waals surface area contributed by atoms with Crippen LogP contribution in [0.3, 0.4) is 0 Å². The second-order valence-corrected chi connectivity index (χ2v) is 7.31. The molecule has 23 heavy (non-hydrogen) atoms. The Balaban J connectivity index is 0.00000192. The van der Waals surface area contributed by atoms with Gasteiger partial charge in [-0.05, 0) is 50.0 Å². The van der Waals surface area contributed by atoms with Crippen molar-refractivity contribution in [3.63, 3.8) is 0 Å². The summed E-state index contributed by atoms with van der Waals surface area (Å²) in [6, 6.07) is 0.211. The van der Waals surface area contributed by atoms with Gasteiger partial charge < -0.3 is 10.6 Å². The van der Waals surface area contributed by atoms with E-state index in [9.17, 15) is 0 Å². The fourth-order valence-corrected chi connectivity index (χ4v) is 4.36. The number of aliphatic imine (C=N–C) groups is 1. The summed E-state index contributed by atoms with van der Waals surface area (Å²) in [7, 11) is 1.84. The lowest BCUT2D eigenvalue weighted by molar-refractivity contribution is 0.395. The standard InChI is InChI=1S/C15H26N6S.HI/c1-11-18-14-13(4-3-7-21(14)20-11)19-15(16-2)17-10-12-5-8-22-9-6-12;/h12-13H,3-10H2,1-2H3,(H2,16,17,19);1H. The van der Waals surface area contributed by atoms with Crippen molar-refractivity contribution in [2.24, 2.45) is 10.9 Å². The number of nitrogens with one attached hydrogen (secondary N) is 2. The van der Waals surface area contributed by atoms with Gasteiger partial charge in [0, 0.05) is 20.1 Å². The number of fused-ring (bicyclic) bond motifs is 1. The number of hydrogen-bond acceptors (Lipinski definition) is 4. The maximum Gasteiger partial charge on any atom is 0.191 e. The molecular formula is C15H27IN6S. The molecule has 0 bridgehead atoms. The molecule has 8 heteroatoms. The van der Waals surface area contributed by atoms with E-state index in [1.54, 1.807) is 0 Å². The summed E-state index contributed by atoms with van der Waals surface area (Å²) in [5.74, 6) is 6.15. The predicted octanol–water partition coefficient (Wildman–Crippen LogP) is 2.35. The Morgan fingerprint density at radius 3 is 2.87 bits per heavy atom. The van der Waals surface area contributed by atoms with E-state index in [2.05, 4.69) is 37.5 Å². The molecule has 130 valence electrons. The van der Waals surface area contributed by atoms with Gasteiger partial charge in [-0.3, -0.25) is 4.99 Å². The van der Waals surface area contributed by atoms with Crippen LogP contribution in [0.15, 0.2) is 4.99 Å². The number of hydrogen-bond donors (Lipinski definition) is 2. The fraction of sp³-hybridized carbons (Fsp3) is 0.800. The molecule has 1 aromatic rings. The van der Waals surface area contributed by atoms with Crippen LogP contribution in [0.25, 0.3) is 0 Å². The summed E-state index contributed by atoms with van der Waals surface area (Å²) in [4.78, 5) is 8.95. The molecule has 0 aromatic carbocycles. The van der Waals surface area contributed by atoms with Crippen molar-refractivity contribution in [2.45, 2.75) is 45.2 Å². The Morgan fingerprint density at radius 2 is 2.13 bits per heavy atom. The summed E-state index contributed by atoms with van der Waals surface area (Å²) in [5, 5.41) is 11.5. The second-order valence-electron chi connectivity index (χ2n) is 6.09. The van der Waals surface area contributed by atoms with Crippen molar-refractivity contribution in [1.29, 1.82) is 0 Å². The lowest BCUT2D eigenvalue weighted by Gasteiger charge is -2.27. The van der Waals surface area contributed by atoms with Crippen molar-refractivity contribution >= 4 is 41.7 Å². The van der Waals surface area contributed by atoms with Crippen LogP contribution in [-0.2, 0) is 6.54 Å². The Bertz CT molecular complexity index is 526. The van der Waals surface area contributed by atoms with Gasteiger partial charge in [0.05, 0.1) is 6.04 Å². The van der Waals surface area contributed by atoms with Gasteiger partial charge in [0.15, 0.2) is 5.96 Å². The molecule has 1 unspecified atom stereocenters. The minimum absolute atomic E-state index is 0. The molecule has 1 saturated heterocycles. The lowest BCUT2D eigenvalue weighted by atomic mass is 10.0. The van der Waals surface area contributed by atoms with E-state index in [1.807, 2.05) is 18.7 Å². The number of thioether (sulfide) groups is 1. The molecule has 2 aliphatic rings. The quantitative estimate of drug-likeness (QED) is 0.421. The second kappa shape index (κ2) is 9.10. The molecule has 2 aliphatic heterocycles. The molecule has 3 heterocycles. The molecule has 0 saturated carbocycles. The van der Waals surface area contributed by atoms with Crippen LogP contribution >= 0.6 is 35.7 Å². The fourth-order valence-electron chi connectivity index (χ4n) is 3.16. The Hall–Kier alpha value is -0.510. The molecule has 2 N–H and O–H groups in total. The highest BCUT2D eigenvalue weighted by Gasteiger charge is 2.24. The molecule has 0 radical (unpaired) electrons. The maximum atomic E-state index is 4.57. The van der Waals surface area contributed by atoms with E-state index >= 15 is 0 Å². The zero-order valence-corrected chi connectivity index (χ0v) is 17.1. The molecule has 1 aromatic heterocycles. The zero-order valence-electron chi connectivity index (χ0n) is 13.9. The molecule has 6 nitrogen and oxygen atoms in total. The first kappa shape index (κ1) is 18.8. The van der Waals surface area contributed by atoms with E-state index in [1.165, 1.54) is 24.3 Å². The van der Waals surface area contributed by atoms with Crippen LogP contribution < -0.4 is 10.6 Å². The first-order chi connectivity index (χ1) is 10.8. The summed E-state index contributed by atoms with van der Waals surface area (Å²) >= 11 is 2.07. The monoisotopic (exact) mass is 450 g/mol. The van der Waals surface area contributed by atoms with Crippen molar-refractivity contribution in [3.8, 4) is 0 Å². The van der Waals surface area contributed by atoms with Crippen LogP contribution in [0.2, 0.25) is 0 Å². The van der Waals surface area contributed by atoms with Crippen molar-refractivity contribution < 1.29 is 0 Å². The van der Waals surface area contributed by atoms with Crippen molar-refractivity contribution in [3.05, 3.63) is 11.6 Å². The molecule has 3 rings (SSSR count). The molecular weight excluding hydrogens is 423 g/mol. The van der Waals surface area contributed by atoms with Gasteiger partial charge in [-0.2, -0.15) is 16.9 Å². The smallest absolute Gasteiger partial charge is 0.191 e. The van der Waals surface area contributed by atoms with Gasteiger partial charge in [-0.15, -0.1) is 24.0 Å². The first-order valence-electron chi connectivity index (χ1n) is 8.22. The highest BCUT2D eigenvalue weighted by atomic mass is 127. The van der Waals surface area contributed by atoms with E-state index in [4.69, 9.17) is 0 Å². The predicted molar refractivity (Wildman–Crippen MR) is 107 cm³/mol. The highest BCUT2D eigenvalue weighted by molar-refractivity contribution is 14.0. The number of rotatable bonds is 3. The summed E-state index contributed by atoms with van der Waals surface area (Å²) < 4.78 is 2.03. The van der Waals surface area contributed by atoms with Gasteiger partial charge >= 0.3 is 0 Å². The SMILES string of the molecule is CN=C(NCC1CCSCC1)NC1CCCn2nc(C)nc21.I. The highest BCUT2D eigenvalue weighted by Crippen LogP contribution is 2.23. The van der Waals surface area contributed by atoms with E-state index in [0.29, 0.717) is 0 Å². The third kappa shape index (κ3) is 4.98. The van der Waals surface area contributed by atoms with Crippen LogP contribution in [0.5, 0.6) is 0 Å². The van der Waals surface area contributed by atoms with Gasteiger partial charge in [0.1, 0.15) is 11.6 Å². The minimum atomic E-state index is 0. The number of aromatic nitrogens is 3. The maximum absolute atomic E-state index is 4.57. The Morgan fingerprint density at radius 1 is 1.35 bits per heavy atom. The molecule has 0 amide bonds. The first-order valence-corrected chi connectivity index (χ1v) is 9.38. The molecule has 1 fully saturated rings. The number of guanidine groups is 1. The van der Waals surface area contributed by atoms with Gasteiger partial charge in [0.25, 0.3) is 0 Å². The Kier molecular flexibility index (Phi) is 7.45. The topological polar surface area (TPSA) is 67.1 Å². The van der Waals surface area contributed by atoms with Crippen molar-refractivity contribution in [1.82, 2.24) is 25.4 Å². The number of halogens is 1. The summed E-state index contributed by atoms with van der Waals surface area (Å²) in [6.45, 7) is 3.94. The van der Waals surface area contributed by atoms with Crippen LogP contribution in [-0.4, -0.2) is 45.8 Å². The van der Waals surface area contributed by atoms with E-state index in [-0.39, 0.29) is 30.0 Å². The lowest BCUT2D eigenvalue weighted by Crippen LogP contribution is -2.43. The Labute approximate surface area is 159 Å². The molecule has 0 aliphatic carbocycles. The summed E-state index contributed by atoms with van der Waals surface area (Å²) in [5.41, 5.74) is 0. The van der Waals surface area contributed by atoms with Gasteiger partial charge in [-0.1, -0.05) is 0 Å². The van der Waals surface area contributed by atoms with E-state index in [0.717, 1.165) is 49.5 Å².